The van der Waals surface area contributed by atoms with Gasteiger partial charge in [0.2, 0.25) is 0 Å². The van der Waals surface area contributed by atoms with Gasteiger partial charge in [-0.1, -0.05) is 19.8 Å². The monoisotopic (exact) mass is 244 g/mol. The van der Waals surface area contributed by atoms with Gasteiger partial charge in [0.15, 0.2) is 0 Å². The SMILES string of the molecule is CC1CCCC(CNc2nccc3occc23)C1. The minimum atomic E-state index is 0.790. The zero-order valence-corrected chi connectivity index (χ0v) is 10.9. The van der Waals surface area contributed by atoms with Crippen LogP contribution in [0.1, 0.15) is 32.6 Å². The standard InChI is InChI=1S/C15H20N2O/c1-11-3-2-4-12(9-11)10-17-15-13-6-8-18-14(13)5-7-16-15/h5-8,11-12H,2-4,9-10H2,1H3,(H,16,17). The molecule has 2 aromatic heterocycles. The summed E-state index contributed by atoms with van der Waals surface area (Å²) in [5.41, 5.74) is 0.907. The first-order valence-electron chi connectivity index (χ1n) is 6.89. The Morgan fingerprint density at radius 3 is 3.22 bits per heavy atom. The molecular formula is C15H20N2O. The minimum absolute atomic E-state index is 0.790. The number of anilines is 1. The van der Waals surface area contributed by atoms with Gasteiger partial charge in [0.25, 0.3) is 0 Å². The van der Waals surface area contributed by atoms with Gasteiger partial charge in [0.1, 0.15) is 11.4 Å². The van der Waals surface area contributed by atoms with E-state index in [2.05, 4.69) is 17.2 Å². The third kappa shape index (κ3) is 2.35. The van der Waals surface area contributed by atoms with Gasteiger partial charge in [0, 0.05) is 12.7 Å². The smallest absolute Gasteiger partial charge is 0.139 e. The highest BCUT2D eigenvalue weighted by Gasteiger charge is 2.18. The first kappa shape index (κ1) is 11.6. The van der Waals surface area contributed by atoms with Crippen LogP contribution in [-0.2, 0) is 0 Å². The minimum Gasteiger partial charge on any atom is -0.464 e. The van der Waals surface area contributed by atoms with Crippen LogP contribution >= 0.6 is 0 Å². The predicted molar refractivity (Wildman–Crippen MR) is 73.6 cm³/mol. The highest BCUT2D eigenvalue weighted by atomic mass is 16.3. The molecule has 0 spiro atoms. The van der Waals surface area contributed by atoms with E-state index < -0.39 is 0 Å². The van der Waals surface area contributed by atoms with Crippen LogP contribution in [0.4, 0.5) is 5.82 Å². The van der Waals surface area contributed by atoms with E-state index in [4.69, 9.17) is 4.42 Å². The van der Waals surface area contributed by atoms with E-state index in [1.807, 2.05) is 12.1 Å². The van der Waals surface area contributed by atoms with Gasteiger partial charge in [-0.3, -0.25) is 0 Å². The van der Waals surface area contributed by atoms with Crippen molar-refractivity contribution in [3.05, 3.63) is 24.6 Å². The Labute approximate surface area is 108 Å². The molecule has 1 N–H and O–H groups in total. The Bertz CT molecular complexity index is 520. The fourth-order valence-electron chi connectivity index (χ4n) is 3.02. The maximum atomic E-state index is 5.39. The number of pyridine rings is 1. The summed E-state index contributed by atoms with van der Waals surface area (Å²) in [4.78, 5) is 4.41. The number of fused-ring (bicyclic) bond motifs is 1. The van der Waals surface area contributed by atoms with Crippen molar-refractivity contribution in [2.45, 2.75) is 32.6 Å². The zero-order chi connectivity index (χ0) is 12.4. The van der Waals surface area contributed by atoms with Crippen molar-refractivity contribution in [2.24, 2.45) is 11.8 Å². The van der Waals surface area contributed by atoms with E-state index in [1.54, 1.807) is 12.5 Å². The van der Waals surface area contributed by atoms with Gasteiger partial charge in [-0.15, -0.1) is 0 Å². The van der Waals surface area contributed by atoms with Crippen LogP contribution in [0.5, 0.6) is 0 Å². The lowest BCUT2D eigenvalue weighted by Crippen LogP contribution is -2.21. The van der Waals surface area contributed by atoms with E-state index in [1.165, 1.54) is 25.7 Å². The summed E-state index contributed by atoms with van der Waals surface area (Å²) in [7, 11) is 0. The molecule has 96 valence electrons. The lowest BCUT2D eigenvalue weighted by Gasteiger charge is -2.26. The van der Waals surface area contributed by atoms with Gasteiger partial charge in [-0.25, -0.2) is 4.98 Å². The molecule has 3 nitrogen and oxygen atoms in total. The van der Waals surface area contributed by atoms with Crippen LogP contribution in [0.25, 0.3) is 11.0 Å². The number of nitrogens with one attached hydrogen (secondary N) is 1. The summed E-state index contributed by atoms with van der Waals surface area (Å²) >= 11 is 0. The maximum absolute atomic E-state index is 5.39. The lowest BCUT2D eigenvalue weighted by molar-refractivity contribution is 0.293. The van der Waals surface area contributed by atoms with Crippen molar-refractivity contribution in [3.8, 4) is 0 Å². The third-order valence-electron chi connectivity index (χ3n) is 3.98. The number of hydrogen-bond acceptors (Lipinski definition) is 3. The van der Waals surface area contributed by atoms with Crippen LogP contribution in [0.2, 0.25) is 0 Å². The average Bonchev–Trinajstić information content (AvgIpc) is 2.85. The molecule has 2 aromatic rings. The van der Waals surface area contributed by atoms with E-state index in [0.717, 1.165) is 35.2 Å². The molecule has 1 fully saturated rings. The molecule has 18 heavy (non-hydrogen) atoms. The fourth-order valence-corrected chi connectivity index (χ4v) is 3.02. The summed E-state index contributed by atoms with van der Waals surface area (Å²) in [6, 6.07) is 3.89. The molecule has 1 aliphatic carbocycles. The first-order valence-corrected chi connectivity index (χ1v) is 6.89. The van der Waals surface area contributed by atoms with Crippen LogP contribution < -0.4 is 5.32 Å². The molecule has 3 rings (SSSR count). The molecule has 1 aliphatic rings. The molecule has 2 unspecified atom stereocenters. The molecule has 0 aromatic carbocycles. The highest BCUT2D eigenvalue weighted by molar-refractivity contribution is 5.87. The maximum Gasteiger partial charge on any atom is 0.139 e. The molecule has 0 saturated heterocycles. The second kappa shape index (κ2) is 5.01. The van der Waals surface area contributed by atoms with Crippen LogP contribution in [0.15, 0.2) is 29.0 Å². The molecule has 2 heterocycles. The highest BCUT2D eigenvalue weighted by Crippen LogP contribution is 2.29. The van der Waals surface area contributed by atoms with Gasteiger partial charge < -0.3 is 9.73 Å². The van der Waals surface area contributed by atoms with Gasteiger partial charge in [-0.2, -0.15) is 0 Å². The van der Waals surface area contributed by atoms with Crippen molar-refractivity contribution in [2.75, 3.05) is 11.9 Å². The molecule has 0 bridgehead atoms. The van der Waals surface area contributed by atoms with Crippen LogP contribution in [-0.4, -0.2) is 11.5 Å². The van der Waals surface area contributed by atoms with E-state index >= 15 is 0 Å². The summed E-state index contributed by atoms with van der Waals surface area (Å²) in [6.45, 7) is 3.39. The van der Waals surface area contributed by atoms with Gasteiger partial charge >= 0.3 is 0 Å². The molecule has 3 heteroatoms. The Balaban J connectivity index is 1.67. The van der Waals surface area contributed by atoms with Crippen molar-refractivity contribution >= 4 is 16.8 Å². The van der Waals surface area contributed by atoms with Crippen LogP contribution in [0.3, 0.4) is 0 Å². The summed E-state index contributed by atoms with van der Waals surface area (Å²) in [6.07, 6.45) is 8.98. The number of rotatable bonds is 3. The van der Waals surface area contributed by atoms with Gasteiger partial charge in [-0.05, 0) is 36.8 Å². The van der Waals surface area contributed by atoms with E-state index in [0.29, 0.717) is 0 Å². The fraction of sp³-hybridized carbons (Fsp3) is 0.533. The normalized spacial score (nSPS) is 24.3. The Hall–Kier alpha value is -1.51. The molecule has 0 radical (unpaired) electrons. The predicted octanol–water partition coefficient (Wildman–Crippen LogP) is 4.07. The Morgan fingerprint density at radius 1 is 1.39 bits per heavy atom. The Morgan fingerprint density at radius 2 is 2.33 bits per heavy atom. The summed E-state index contributed by atoms with van der Waals surface area (Å²) in [5.74, 6) is 2.63. The topological polar surface area (TPSA) is 38.1 Å². The molecule has 0 aliphatic heterocycles. The van der Waals surface area contributed by atoms with Crippen molar-refractivity contribution in [1.82, 2.24) is 4.98 Å². The number of hydrogen-bond donors (Lipinski definition) is 1. The first-order chi connectivity index (χ1) is 8.83. The largest absolute Gasteiger partial charge is 0.464 e. The van der Waals surface area contributed by atoms with Gasteiger partial charge in [0.05, 0.1) is 11.6 Å². The summed E-state index contributed by atoms with van der Waals surface area (Å²) < 4.78 is 5.39. The number of nitrogens with zero attached hydrogens (tertiary/aromatic N) is 1. The molecule has 2 atom stereocenters. The lowest BCUT2D eigenvalue weighted by atomic mass is 9.82. The molecule has 0 amide bonds. The second-order valence-electron chi connectivity index (χ2n) is 5.51. The van der Waals surface area contributed by atoms with Crippen molar-refractivity contribution < 1.29 is 4.42 Å². The van der Waals surface area contributed by atoms with E-state index in [-0.39, 0.29) is 0 Å². The summed E-state index contributed by atoms with van der Waals surface area (Å²) in [5, 5.41) is 4.58. The second-order valence-corrected chi connectivity index (χ2v) is 5.51. The molecular weight excluding hydrogens is 224 g/mol. The third-order valence-corrected chi connectivity index (χ3v) is 3.98. The van der Waals surface area contributed by atoms with Crippen molar-refractivity contribution in [1.29, 1.82) is 0 Å². The Kier molecular flexibility index (Phi) is 3.22. The average molecular weight is 244 g/mol. The number of aromatic nitrogens is 1. The number of furan rings is 1. The molecule has 1 saturated carbocycles. The quantitative estimate of drug-likeness (QED) is 0.884. The zero-order valence-electron chi connectivity index (χ0n) is 10.9. The van der Waals surface area contributed by atoms with Crippen LogP contribution in [0, 0.1) is 11.8 Å². The van der Waals surface area contributed by atoms with Crippen molar-refractivity contribution in [3.63, 3.8) is 0 Å². The van der Waals surface area contributed by atoms with E-state index in [9.17, 15) is 0 Å².